The van der Waals surface area contributed by atoms with E-state index in [1.807, 2.05) is 6.92 Å². The first-order valence-electron chi connectivity index (χ1n) is 6.75. The lowest BCUT2D eigenvalue weighted by Crippen LogP contribution is -2.08. The van der Waals surface area contributed by atoms with Crippen molar-refractivity contribution in [1.82, 2.24) is 0 Å². The van der Waals surface area contributed by atoms with Crippen molar-refractivity contribution in [3.8, 4) is 11.5 Å². The highest BCUT2D eigenvalue weighted by molar-refractivity contribution is 7.12. The molecule has 1 aromatic carbocycles. The van der Waals surface area contributed by atoms with Gasteiger partial charge in [0, 0.05) is 6.07 Å². The molecule has 0 N–H and O–H groups in total. The van der Waals surface area contributed by atoms with Gasteiger partial charge in [0.15, 0.2) is 0 Å². The number of aryl methyl sites for hydroxylation is 1. The van der Waals surface area contributed by atoms with Crippen molar-refractivity contribution < 1.29 is 19.1 Å². The zero-order valence-corrected chi connectivity index (χ0v) is 13.8. The van der Waals surface area contributed by atoms with Crippen LogP contribution in [0.3, 0.4) is 0 Å². The summed E-state index contributed by atoms with van der Waals surface area (Å²) in [5, 5.41) is 3.61. The molecule has 3 rings (SSSR count). The van der Waals surface area contributed by atoms with Gasteiger partial charge in [0.2, 0.25) is 0 Å². The van der Waals surface area contributed by atoms with Crippen molar-refractivity contribution in [2.75, 3.05) is 0 Å². The molecular formula is C17H12O4S2. The Labute approximate surface area is 140 Å². The van der Waals surface area contributed by atoms with E-state index < -0.39 is 11.9 Å². The molecule has 2 aromatic heterocycles. The van der Waals surface area contributed by atoms with Crippen LogP contribution in [0.25, 0.3) is 0 Å². The molecule has 0 unspecified atom stereocenters. The maximum absolute atomic E-state index is 12.0. The number of carbonyl (C=O) groups is 2. The summed E-state index contributed by atoms with van der Waals surface area (Å²) in [4.78, 5) is 25.0. The fourth-order valence-electron chi connectivity index (χ4n) is 1.94. The molecule has 0 radical (unpaired) electrons. The molecule has 2 heterocycles. The number of carbonyl (C=O) groups excluding carboxylic acids is 2. The van der Waals surface area contributed by atoms with Gasteiger partial charge >= 0.3 is 11.9 Å². The number of benzene rings is 1. The Hall–Kier alpha value is -2.44. The summed E-state index contributed by atoms with van der Waals surface area (Å²) in [6, 6.07) is 11.9. The van der Waals surface area contributed by atoms with Crippen LogP contribution in [-0.4, -0.2) is 11.9 Å². The van der Waals surface area contributed by atoms with Crippen LogP contribution < -0.4 is 9.47 Å². The predicted molar refractivity (Wildman–Crippen MR) is 89.7 cm³/mol. The molecule has 0 saturated carbocycles. The molecule has 0 fully saturated rings. The fraction of sp³-hybridized carbons (Fsp3) is 0.0588. The fourth-order valence-corrected chi connectivity index (χ4v) is 3.13. The van der Waals surface area contributed by atoms with Crippen LogP contribution in [0.4, 0.5) is 0 Å². The quantitative estimate of drug-likeness (QED) is 0.514. The maximum atomic E-state index is 12.0. The van der Waals surface area contributed by atoms with E-state index in [-0.39, 0.29) is 0 Å². The molecule has 116 valence electrons. The van der Waals surface area contributed by atoms with Crippen LogP contribution in [-0.2, 0) is 0 Å². The summed E-state index contributed by atoms with van der Waals surface area (Å²) in [7, 11) is 0. The maximum Gasteiger partial charge on any atom is 0.353 e. The molecule has 0 aliphatic carbocycles. The van der Waals surface area contributed by atoms with Crippen molar-refractivity contribution >= 4 is 34.6 Å². The average molecular weight is 344 g/mol. The highest BCUT2D eigenvalue weighted by atomic mass is 32.1. The molecule has 0 spiro atoms. The normalized spacial score (nSPS) is 10.3. The van der Waals surface area contributed by atoms with Crippen molar-refractivity contribution in [2.45, 2.75) is 6.92 Å². The minimum absolute atomic E-state index is 0.345. The van der Waals surface area contributed by atoms with E-state index >= 15 is 0 Å². The first-order valence-corrected chi connectivity index (χ1v) is 8.51. The van der Waals surface area contributed by atoms with Crippen molar-refractivity contribution in [1.29, 1.82) is 0 Å². The van der Waals surface area contributed by atoms with Crippen LogP contribution in [0.5, 0.6) is 11.5 Å². The molecule has 4 nitrogen and oxygen atoms in total. The highest BCUT2D eigenvalue weighted by Crippen LogP contribution is 2.25. The van der Waals surface area contributed by atoms with E-state index in [2.05, 4.69) is 0 Å². The van der Waals surface area contributed by atoms with Crippen LogP contribution in [0.2, 0.25) is 0 Å². The molecule has 0 aliphatic rings. The van der Waals surface area contributed by atoms with Gasteiger partial charge in [0.25, 0.3) is 0 Å². The number of esters is 2. The standard InChI is InChI=1S/C17H12O4S2/c1-11-8-12(20-16(18)14-4-2-6-22-14)10-13(9-11)21-17(19)15-5-3-7-23-15/h2-10H,1H3. The topological polar surface area (TPSA) is 52.6 Å². The van der Waals surface area contributed by atoms with Gasteiger partial charge in [-0.1, -0.05) is 12.1 Å². The van der Waals surface area contributed by atoms with Gasteiger partial charge in [-0.3, -0.25) is 0 Å². The van der Waals surface area contributed by atoms with Gasteiger partial charge in [-0.25, -0.2) is 9.59 Å². The summed E-state index contributed by atoms with van der Waals surface area (Å²) >= 11 is 2.62. The van der Waals surface area contributed by atoms with E-state index in [1.165, 1.54) is 28.7 Å². The van der Waals surface area contributed by atoms with Crippen LogP contribution in [0, 0.1) is 6.92 Å². The van der Waals surface area contributed by atoms with Gasteiger partial charge in [0.05, 0.1) is 0 Å². The Balaban J connectivity index is 1.76. The third kappa shape index (κ3) is 3.85. The summed E-state index contributed by atoms with van der Waals surface area (Å²) in [6.45, 7) is 1.84. The number of hydrogen-bond donors (Lipinski definition) is 0. The Morgan fingerprint density at radius 3 is 1.70 bits per heavy atom. The molecule has 0 amide bonds. The molecule has 23 heavy (non-hydrogen) atoms. The number of hydrogen-bond acceptors (Lipinski definition) is 6. The van der Waals surface area contributed by atoms with E-state index in [0.29, 0.717) is 21.3 Å². The second-order valence-corrected chi connectivity index (χ2v) is 6.61. The Morgan fingerprint density at radius 2 is 1.30 bits per heavy atom. The summed E-state index contributed by atoms with van der Waals surface area (Å²) in [6.07, 6.45) is 0. The minimum Gasteiger partial charge on any atom is -0.422 e. The average Bonchev–Trinajstić information content (AvgIpc) is 3.20. The van der Waals surface area contributed by atoms with Gasteiger partial charge in [0.1, 0.15) is 21.3 Å². The van der Waals surface area contributed by atoms with Gasteiger partial charge in [-0.2, -0.15) is 0 Å². The monoisotopic (exact) mass is 344 g/mol. The van der Waals surface area contributed by atoms with Crippen molar-refractivity contribution in [3.63, 3.8) is 0 Å². The number of ether oxygens (including phenoxy) is 2. The Bertz CT molecular complexity index is 754. The second kappa shape index (κ2) is 6.76. The lowest BCUT2D eigenvalue weighted by atomic mass is 10.2. The lowest BCUT2D eigenvalue weighted by molar-refractivity contribution is 0.0738. The van der Waals surface area contributed by atoms with E-state index in [1.54, 1.807) is 47.2 Å². The molecule has 0 aliphatic heterocycles. The van der Waals surface area contributed by atoms with Crippen LogP contribution >= 0.6 is 22.7 Å². The highest BCUT2D eigenvalue weighted by Gasteiger charge is 2.13. The van der Waals surface area contributed by atoms with Gasteiger partial charge in [-0.15, -0.1) is 22.7 Å². The van der Waals surface area contributed by atoms with E-state index in [0.717, 1.165) is 5.56 Å². The second-order valence-electron chi connectivity index (χ2n) is 4.72. The van der Waals surface area contributed by atoms with Crippen LogP contribution in [0.15, 0.2) is 53.2 Å². The molecule has 0 saturated heterocycles. The zero-order chi connectivity index (χ0) is 16.2. The largest absolute Gasteiger partial charge is 0.422 e. The van der Waals surface area contributed by atoms with Crippen molar-refractivity contribution in [2.24, 2.45) is 0 Å². The molecule has 0 bridgehead atoms. The lowest BCUT2D eigenvalue weighted by Gasteiger charge is -2.08. The molecule has 0 atom stereocenters. The molecular weight excluding hydrogens is 332 g/mol. The zero-order valence-electron chi connectivity index (χ0n) is 12.1. The van der Waals surface area contributed by atoms with E-state index in [9.17, 15) is 9.59 Å². The minimum atomic E-state index is -0.430. The Morgan fingerprint density at radius 1 is 0.826 bits per heavy atom. The third-order valence-corrected chi connectivity index (χ3v) is 4.59. The van der Waals surface area contributed by atoms with Crippen LogP contribution in [0.1, 0.15) is 24.9 Å². The van der Waals surface area contributed by atoms with Crippen molar-refractivity contribution in [3.05, 3.63) is 68.5 Å². The third-order valence-electron chi connectivity index (χ3n) is 2.89. The number of thiophene rings is 2. The molecule has 6 heteroatoms. The summed E-state index contributed by atoms with van der Waals surface area (Å²) in [5.74, 6) is -0.169. The Kier molecular flexibility index (Phi) is 4.55. The first kappa shape index (κ1) is 15.5. The summed E-state index contributed by atoms with van der Waals surface area (Å²) < 4.78 is 10.7. The smallest absolute Gasteiger partial charge is 0.353 e. The number of rotatable bonds is 4. The van der Waals surface area contributed by atoms with Gasteiger partial charge in [-0.05, 0) is 47.5 Å². The SMILES string of the molecule is Cc1cc(OC(=O)c2cccs2)cc(OC(=O)c2cccs2)c1. The molecule has 3 aromatic rings. The first-order chi connectivity index (χ1) is 11.1. The van der Waals surface area contributed by atoms with Gasteiger partial charge < -0.3 is 9.47 Å². The predicted octanol–water partition coefficient (Wildman–Crippen LogP) is 4.56. The van der Waals surface area contributed by atoms with E-state index in [4.69, 9.17) is 9.47 Å². The summed E-state index contributed by atoms with van der Waals surface area (Å²) in [5.41, 5.74) is 0.829.